The first-order valence-corrected chi connectivity index (χ1v) is 13.1. The van der Waals surface area contributed by atoms with Gasteiger partial charge in [0.05, 0.1) is 11.4 Å². The van der Waals surface area contributed by atoms with Gasteiger partial charge in [0.15, 0.2) is 5.89 Å². The molecule has 0 saturated heterocycles. The number of hydrogen-bond donors (Lipinski definition) is 0. The Labute approximate surface area is 248 Å². The van der Waals surface area contributed by atoms with Gasteiger partial charge >= 0.3 is 0 Å². The molecule has 0 fully saturated rings. The summed E-state index contributed by atoms with van der Waals surface area (Å²) >= 11 is 0. The molecule has 0 bridgehead atoms. The van der Waals surface area contributed by atoms with E-state index in [0.29, 0.717) is 17.7 Å². The van der Waals surface area contributed by atoms with Crippen LogP contribution in [-0.2, 0) is 20.1 Å². The van der Waals surface area contributed by atoms with Gasteiger partial charge in [0.2, 0.25) is 0 Å². The van der Waals surface area contributed by atoms with Crippen molar-refractivity contribution in [1.82, 2.24) is 24.5 Å². The molecule has 0 spiro atoms. The summed E-state index contributed by atoms with van der Waals surface area (Å²) < 4.78 is 7.78. The molecule has 40 heavy (non-hydrogen) atoms. The third-order valence-corrected chi connectivity index (χ3v) is 6.44. The van der Waals surface area contributed by atoms with E-state index < -0.39 is 0 Å². The van der Waals surface area contributed by atoms with Crippen molar-refractivity contribution in [3.63, 3.8) is 0 Å². The fraction of sp³-hybridized carbons (Fsp3) is 0.212. The number of hydrogen-bond acceptors (Lipinski definition) is 5. The van der Waals surface area contributed by atoms with E-state index >= 15 is 0 Å². The predicted octanol–water partition coefficient (Wildman–Crippen LogP) is 7.98. The van der Waals surface area contributed by atoms with Crippen molar-refractivity contribution in [2.45, 2.75) is 46.5 Å². The predicted molar refractivity (Wildman–Crippen MR) is 155 cm³/mol. The van der Waals surface area contributed by atoms with Crippen molar-refractivity contribution in [2.75, 3.05) is 0 Å². The zero-order valence-electron chi connectivity index (χ0n) is 23.2. The molecule has 0 atom stereocenters. The van der Waals surface area contributed by atoms with Crippen LogP contribution in [0.15, 0.2) is 90.0 Å². The molecule has 6 nitrogen and oxygen atoms in total. The second kappa shape index (κ2) is 12.9. The van der Waals surface area contributed by atoms with E-state index in [-0.39, 0.29) is 20.1 Å². The molecule has 205 valence electrons. The summed E-state index contributed by atoms with van der Waals surface area (Å²) in [6, 6.07) is 24.4. The zero-order valence-corrected chi connectivity index (χ0v) is 25.6. The van der Waals surface area contributed by atoms with Crippen LogP contribution in [0.25, 0.3) is 39.4 Å². The maximum absolute atomic E-state index is 5.59. The van der Waals surface area contributed by atoms with E-state index in [1.165, 1.54) is 16.8 Å². The Morgan fingerprint density at radius 2 is 1.62 bits per heavy atom. The molecule has 6 aromatic rings. The van der Waals surface area contributed by atoms with E-state index in [4.69, 9.17) is 4.42 Å². The number of pyridine rings is 2. The van der Waals surface area contributed by atoms with Crippen LogP contribution in [0.1, 0.15) is 56.5 Å². The van der Waals surface area contributed by atoms with Crippen LogP contribution >= 0.6 is 0 Å². The van der Waals surface area contributed by atoms with Crippen LogP contribution in [0.3, 0.4) is 0 Å². The fourth-order valence-corrected chi connectivity index (χ4v) is 4.58. The molecule has 0 amide bonds. The van der Waals surface area contributed by atoms with Gasteiger partial charge in [0.1, 0.15) is 0 Å². The molecule has 4 aromatic heterocycles. The Balaban J connectivity index is 0.000000238. The van der Waals surface area contributed by atoms with Gasteiger partial charge in [-0.1, -0.05) is 70.4 Å². The van der Waals surface area contributed by atoms with Crippen LogP contribution in [-0.4, -0.2) is 24.5 Å². The largest absolute Gasteiger partial charge is 0.488 e. The second-order valence-corrected chi connectivity index (χ2v) is 9.91. The second-order valence-electron chi connectivity index (χ2n) is 9.91. The number of aromatic nitrogens is 5. The van der Waals surface area contributed by atoms with Gasteiger partial charge in [0, 0.05) is 56.8 Å². The summed E-state index contributed by atoms with van der Waals surface area (Å²) in [6.45, 7) is 10.8. The summed E-state index contributed by atoms with van der Waals surface area (Å²) in [7, 11) is 0. The Morgan fingerprint density at radius 1 is 0.850 bits per heavy atom. The Hall–Kier alpha value is -3.93. The minimum Gasteiger partial charge on any atom is -0.488 e. The molecule has 0 saturated carbocycles. The summed E-state index contributed by atoms with van der Waals surface area (Å²) in [5.74, 6) is 2.36. The van der Waals surface area contributed by atoms with Gasteiger partial charge < -0.3 is 19.0 Å². The Morgan fingerprint density at radius 3 is 2.27 bits per heavy atom. The topological polar surface area (TPSA) is 69.6 Å². The molecule has 0 aliphatic heterocycles. The molecule has 0 N–H and O–H groups in total. The minimum absolute atomic E-state index is 0. The molecule has 2 aromatic carbocycles. The maximum Gasteiger partial charge on any atom is 0.180 e. The van der Waals surface area contributed by atoms with Gasteiger partial charge in [-0.2, -0.15) is 0 Å². The van der Waals surface area contributed by atoms with Gasteiger partial charge in [-0.15, -0.1) is 41.5 Å². The third-order valence-electron chi connectivity index (χ3n) is 6.44. The number of benzene rings is 2. The van der Waals surface area contributed by atoms with E-state index in [1.54, 1.807) is 24.7 Å². The summed E-state index contributed by atoms with van der Waals surface area (Å²) in [5.41, 5.74) is 8.19. The molecule has 0 aliphatic rings. The molecule has 6 rings (SSSR count). The first-order chi connectivity index (χ1) is 18.9. The smallest absolute Gasteiger partial charge is 0.180 e. The SMILES string of the molecule is Cc1nc2cc(-c3nccn3-c3c(C(C)C)cccc3C(C)C)[c-]cc2o1.[Ir].[c-]1ccncc1-c1ccccn1. The van der Waals surface area contributed by atoms with Crippen LogP contribution in [0, 0.1) is 19.1 Å². The summed E-state index contributed by atoms with van der Waals surface area (Å²) in [5, 5.41) is 0. The molecule has 7 heteroatoms. The summed E-state index contributed by atoms with van der Waals surface area (Å²) in [6.07, 6.45) is 9.10. The molecule has 0 unspecified atom stereocenters. The third kappa shape index (κ3) is 6.27. The van der Waals surface area contributed by atoms with Crippen molar-refractivity contribution < 1.29 is 24.5 Å². The Kier molecular flexibility index (Phi) is 9.41. The molecular formula is C33H31IrN5O-2. The number of fused-ring (bicyclic) bond motifs is 1. The number of para-hydroxylation sites is 1. The van der Waals surface area contributed by atoms with Crippen LogP contribution < -0.4 is 0 Å². The van der Waals surface area contributed by atoms with E-state index in [0.717, 1.165) is 33.7 Å². The molecule has 4 heterocycles. The van der Waals surface area contributed by atoms with Crippen molar-refractivity contribution in [3.05, 3.63) is 115 Å². The van der Waals surface area contributed by atoms with E-state index in [1.807, 2.05) is 49.6 Å². The van der Waals surface area contributed by atoms with Crippen LogP contribution in [0.4, 0.5) is 0 Å². The molecular weight excluding hydrogens is 675 g/mol. The van der Waals surface area contributed by atoms with Crippen molar-refractivity contribution in [2.24, 2.45) is 0 Å². The standard InChI is InChI=1S/C23H24N3O.C10H7N2.Ir/c1-14(2)18-7-6-8-19(15(3)4)22(18)26-12-11-24-23(26)17-9-10-21-20(13-17)25-16(5)27-21;1-2-7-12-10(5-1)9-4-3-6-11-8-9;/h6-8,10-15H,1-5H3;1-3,5-8H;/q2*-1;. The first-order valence-electron chi connectivity index (χ1n) is 13.1. The monoisotopic (exact) mass is 706 g/mol. The van der Waals surface area contributed by atoms with Crippen molar-refractivity contribution in [1.29, 1.82) is 0 Å². The van der Waals surface area contributed by atoms with E-state index in [9.17, 15) is 0 Å². The van der Waals surface area contributed by atoms with E-state index in [2.05, 4.69) is 82.5 Å². The van der Waals surface area contributed by atoms with Gasteiger partial charge in [-0.05, 0) is 34.7 Å². The molecule has 0 aliphatic carbocycles. The van der Waals surface area contributed by atoms with Crippen molar-refractivity contribution >= 4 is 11.1 Å². The zero-order chi connectivity index (χ0) is 27.4. The van der Waals surface area contributed by atoms with Gasteiger partial charge in [0.25, 0.3) is 0 Å². The number of rotatable bonds is 5. The van der Waals surface area contributed by atoms with Crippen LogP contribution in [0.2, 0.25) is 0 Å². The van der Waals surface area contributed by atoms with Crippen molar-refractivity contribution in [3.8, 4) is 28.3 Å². The Bertz CT molecular complexity index is 1610. The summed E-state index contributed by atoms with van der Waals surface area (Å²) in [4.78, 5) is 17.3. The normalized spacial score (nSPS) is 10.9. The first kappa shape index (κ1) is 29.1. The number of nitrogens with zero attached hydrogens (tertiary/aromatic N) is 5. The fourth-order valence-electron chi connectivity index (χ4n) is 4.58. The van der Waals surface area contributed by atoms with Crippen LogP contribution in [0.5, 0.6) is 0 Å². The average Bonchev–Trinajstić information content (AvgIpc) is 3.59. The average molecular weight is 706 g/mol. The minimum atomic E-state index is 0. The number of oxazole rings is 1. The van der Waals surface area contributed by atoms with Gasteiger partial charge in [-0.3, -0.25) is 4.98 Å². The quantitative estimate of drug-likeness (QED) is 0.170. The maximum atomic E-state index is 5.59. The number of aryl methyl sites for hydroxylation is 1. The number of imidazole rings is 1. The molecule has 1 radical (unpaired) electrons. The van der Waals surface area contributed by atoms with Gasteiger partial charge in [-0.25, -0.2) is 4.98 Å².